The van der Waals surface area contributed by atoms with Gasteiger partial charge < -0.3 is 9.52 Å². The van der Waals surface area contributed by atoms with Crippen LogP contribution in [0.1, 0.15) is 17.7 Å². The zero-order valence-corrected chi connectivity index (χ0v) is 12.8. The number of hydrogen-bond acceptors (Lipinski definition) is 4. The second-order valence-corrected chi connectivity index (χ2v) is 5.46. The van der Waals surface area contributed by atoms with Crippen LogP contribution in [0.25, 0.3) is 6.08 Å². The average Bonchev–Trinajstić information content (AvgIpc) is 3.16. The molecule has 1 N–H and O–H groups in total. The summed E-state index contributed by atoms with van der Waals surface area (Å²) in [6.07, 6.45) is 9.22. The van der Waals surface area contributed by atoms with E-state index in [1.165, 1.54) is 23.3 Å². The van der Waals surface area contributed by atoms with Crippen LogP contribution in [-0.4, -0.2) is 23.3 Å². The van der Waals surface area contributed by atoms with Gasteiger partial charge in [0, 0.05) is 5.56 Å². The van der Waals surface area contributed by atoms with Crippen molar-refractivity contribution in [2.24, 2.45) is 0 Å². The van der Waals surface area contributed by atoms with Crippen molar-refractivity contribution < 1.29 is 19.1 Å². The molecular weight excluding hydrogens is 306 g/mol. The first-order valence-electron chi connectivity index (χ1n) is 7.38. The highest BCUT2D eigenvalue weighted by Crippen LogP contribution is 2.42. The minimum atomic E-state index is -1.90. The van der Waals surface area contributed by atoms with Crippen molar-refractivity contribution in [1.82, 2.24) is 0 Å². The molecule has 1 amide bonds. The Balaban J connectivity index is 1.87. The average molecular weight is 321 g/mol. The molecule has 1 aromatic heterocycles. The van der Waals surface area contributed by atoms with Gasteiger partial charge in [-0.3, -0.25) is 14.5 Å². The number of terminal acetylenes is 1. The Labute approximate surface area is 139 Å². The fourth-order valence-corrected chi connectivity index (χ4v) is 2.80. The summed E-state index contributed by atoms with van der Waals surface area (Å²) in [5.74, 6) is 1.94. The van der Waals surface area contributed by atoms with Gasteiger partial charge in [-0.15, -0.1) is 6.42 Å². The maximum Gasteiger partial charge on any atom is 0.265 e. The lowest BCUT2D eigenvalue weighted by Gasteiger charge is -2.21. The van der Waals surface area contributed by atoms with Crippen molar-refractivity contribution in [2.75, 3.05) is 11.4 Å². The highest BCUT2D eigenvalue weighted by atomic mass is 16.3. The molecule has 0 saturated carbocycles. The van der Waals surface area contributed by atoms with Gasteiger partial charge >= 0.3 is 0 Å². The van der Waals surface area contributed by atoms with E-state index >= 15 is 0 Å². The number of carbonyl (C=O) groups excluding carboxylic acids is 2. The lowest BCUT2D eigenvalue weighted by molar-refractivity contribution is -0.140. The second kappa shape index (κ2) is 6.19. The molecule has 2 aromatic rings. The van der Waals surface area contributed by atoms with Crippen LogP contribution in [0, 0.1) is 12.3 Å². The Bertz CT molecular complexity index is 845. The Morgan fingerprint density at radius 3 is 2.83 bits per heavy atom. The van der Waals surface area contributed by atoms with Crippen molar-refractivity contribution in [1.29, 1.82) is 0 Å². The van der Waals surface area contributed by atoms with Crippen LogP contribution in [0.15, 0.2) is 53.2 Å². The zero-order chi connectivity index (χ0) is 17.2. The van der Waals surface area contributed by atoms with Crippen LogP contribution in [0.5, 0.6) is 0 Å². The van der Waals surface area contributed by atoms with Crippen molar-refractivity contribution in [2.45, 2.75) is 12.0 Å². The van der Waals surface area contributed by atoms with E-state index in [1.54, 1.807) is 36.4 Å². The number of rotatable bonds is 5. The molecular formula is C19H15NO4. The molecule has 1 unspecified atom stereocenters. The predicted molar refractivity (Wildman–Crippen MR) is 88.9 cm³/mol. The van der Waals surface area contributed by atoms with Gasteiger partial charge in [0.2, 0.25) is 0 Å². The van der Waals surface area contributed by atoms with Crippen LogP contribution in [0.4, 0.5) is 5.69 Å². The minimum absolute atomic E-state index is 0.0363. The van der Waals surface area contributed by atoms with Crippen LogP contribution in [-0.2, 0) is 15.2 Å². The number of anilines is 1. The van der Waals surface area contributed by atoms with Gasteiger partial charge in [-0.25, -0.2) is 0 Å². The van der Waals surface area contributed by atoms with Crippen molar-refractivity contribution >= 4 is 23.5 Å². The molecule has 0 bridgehead atoms. The van der Waals surface area contributed by atoms with Crippen molar-refractivity contribution in [3.8, 4) is 12.3 Å². The van der Waals surface area contributed by atoms with E-state index in [9.17, 15) is 14.7 Å². The SMILES string of the molecule is C#CCN1C(=O)C(O)(CC(=O)/C=C/c2ccco2)c2ccccc21. The van der Waals surface area contributed by atoms with Crippen LogP contribution in [0.2, 0.25) is 0 Å². The number of amides is 1. The molecule has 0 spiro atoms. The zero-order valence-electron chi connectivity index (χ0n) is 12.8. The molecule has 0 saturated heterocycles. The topological polar surface area (TPSA) is 70.8 Å². The molecule has 120 valence electrons. The lowest BCUT2D eigenvalue weighted by Crippen LogP contribution is -2.41. The third-order valence-corrected chi connectivity index (χ3v) is 3.90. The third-order valence-electron chi connectivity index (χ3n) is 3.90. The molecule has 1 aromatic carbocycles. The second-order valence-electron chi connectivity index (χ2n) is 5.46. The Morgan fingerprint density at radius 2 is 2.12 bits per heavy atom. The van der Waals surface area contributed by atoms with Crippen molar-refractivity contribution in [3.05, 3.63) is 60.1 Å². The molecule has 5 nitrogen and oxygen atoms in total. The van der Waals surface area contributed by atoms with Gasteiger partial charge in [0.05, 0.1) is 24.9 Å². The van der Waals surface area contributed by atoms with E-state index in [0.29, 0.717) is 17.0 Å². The highest BCUT2D eigenvalue weighted by Gasteiger charge is 2.50. The van der Waals surface area contributed by atoms with Gasteiger partial charge in [0.1, 0.15) is 5.76 Å². The Hall–Kier alpha value is -3.10. The fourth-order valence-electron chi connectivity index (χ4n) is 2.80. The molecule has 3 rings (SSSR count). The number of allylic oxidation sites excluding steroid dienone is 1. The van der Waals surface area contributed by atoms with Crippen LogP contribution in [0.3, 0.4) is 0 Å². The third kappa shape index (κ3) is 2.64. The summed E-state index contributed by atoms with van der Waals surface area (Å²) in [5.41, 5.74) is -0.978. The van der Waals surface area contributed by atoms with Crippen molar-refractivity contribution in [3.63, 3.8) is 0 Å². The molecule has 0 aliphatic carbocycles. The number of nitrogens with zero attached hydrogens (tertiary/aromatic N) is 1. The van der Waals surface area contributed by atoms with Gasteiger partial charge in [-0.05, 0) is 30.4 Å². The summed E-state index contributed by atoms with van der Waals surface area (Å²) in [4.78, 5) is 26.2. The van der Waals surface area contributed by atoms with Gasteiger partial charge in [-0.1, -0.05) is 24.1 Å². The molecule has 0 radical (unpaired) electrons. The van der Waals surface area contributed by atoms with Gasteiger partial charge in [0.25, 0.3) is 5.91 Å². The van der Waals surface area contributed by atoms with E-state index in [2.05, 4.69) is 5.92 Å². The number of aliphatic hydroxyl groups is 1. The minimum Gasteiger partial charge on any atom is -0.465 e. The first kappa shape index (κ1) is 15.8. The largest absolute Gasteiger partial charge is 0.465 e. The maximum atomic E-state index is 12.6. The number of ketones is 1. The van der Waals surface area contributed by atoms with E-state index in [4.69, 9.17) is 10.8 Å². The first-order chi connectivity index (χ1) is 11.6. The number of fused-ring (bicyclic) bond motifs is 1. The molecule has 1 aliphatic rings. The lowest BCUT2D eigenvalue weighted by atomic mass is 9.90. The number of furan rings is 1. The summed E-state index contributed by atoms with van der Waals surface area (Å²) in [7, 11) is 0. The van der Waals surface area contributed by atoms with Crippen LogP contribution < -0.4 is 4.90 Å². The quantitative estimate of drug-likeness (QED) is 0.676. The molecule has 24 heavy (non-hydrogen) atoms. The maximum absolute atomic E-state index is 12.6. The summed E-state index contributed by atoms with van der Waals surface area (Å²) in [5, 5.41) is 10.9. The molecule has 1 atom stereocenters. The van der Waals surface area contributed by atoms with E-state index in [-0.39, 0.29) is 18.7 Å². The van der Waals surface area contributed by atoms with Crippen LogP contribution >= 0.6 is 0 Å². The van der Waals surface area contributed by atoms with Gasteiger partial charge in [-0.2, -0.15) is 0 Å². The molecule has 5 heteroatoms. The summed E-state index contributed by atoms with van der Waals surface area (Å²) in [6.45, 7) is 0.0363. The molecule has 0 fully saturated rings. The van der Waals surface area contributed by atoms with E-state index < -0.39 is 11.5 Å². The molecule has 2 heterocycles. The Morgan fingerprint density at radius 1 is 1.33 bits per heavy atom. The number of para-hydroxylation sites is 1. The standard InChI is InChI=1S/C19H15NO4/c1-2-11-20-17-8-4-3-7-16(17)19(23,18(20)22)13-14(21)9-10-15-6-5-12-24-15/h1,3-10,12,23H,11,13H2/b10-9+. The number of carbonyl (C=O) groups is 2. The predicted octanol–water partition coefficient (Wildman–Crippen LogP) is 2.12. The fraction of sp³-hybridized carbons (Fsp3) is 0.158. The normalized spacial score (nSPS) is 19.5. The first-order valence-corrected chi connectivity index (χ1v) is 7.38. The summed E-state index contributed by atoms with van der Waals surface area (Å²) >= 11 is 0. The Kier molecular flexibility index (Phi) is 4.07. The van der Waals surface area contributed by atoms with E-state index in [1.807, 2.05) is 0 Å². The summed E-state index contributed by atoms with van der Waals surface area (Å²) in [6, 6.07) is 10.2. The molecule has 1 aliphatic heterocycles. The summed E-state index contributed by atoms with van der Waals surface area (Å²) < 4.78 is 5.11. The number of benzene rings is 1. The number of hydrogen-bond donors (Lipinski definition) is 1. The van der Waals surface area contributed by atoms with E-state index in [0.717, 1.165) is 0 Å². The van der Waals surface area contributed by atoms with Gasteiger partial charge in [0.15, 0.2) is 11.4 Å². The highest BCUT2D eigenvalue weighted by molar-refractivity contribution is 6.10. The monoisotopic (exact) mass is 321 g/mol. The smallest absolute Gasteiger partial charge is 0.265 e.